The Bertz CT molecular complexity index is 600. The van der Waals surface area contributed by atoms with E-state index in [4.69, 9.17) is 21.4 Å². The summed E-state index contributed by atoms with van der Waals surface area (Å²) in [5.74, 6) is -1.21. The topological polar surface area (TPSA) is 95.9 Å². The van der Waals surface area contributed by atoms with E-state index < -0.39 is 16.2 Å². The van der Waals surface area contributed by atoms with Gasteiger partial charge >= 0.3 is 16.2 Å². The van der Waals surface area contributed by atoms with Gasteiger partial charge < -0.3 is 9.84 Å². The normalized spacial score (nSPS) is 11.4. The van der Waals surface area contributed by atoms with Crippen molar-refractivity contribution in [3.63, 3.8) is 0 Å². The summed E-state index contributed by atoms with van der Waals surface area (Å²) in [7, 11) is 0.234. The van der Waals surface area contributed by atoms with Crippen LogP contribution >= 0.6 is 11.6 Å². The first-order valence-electron chi connectivity index (χ1n) is 5.00. The number of benzene rings is 1. The molecule has 0 aliphatic heterocycles. The van der Waals surface area contributed by atoms with Crippen LogP contribution in [0.4, 0.5) is 5.69 Å². The minimum Gasteiger partial charge on any atom is -0.496 e. The molecule has 7 nitrogen and oxygen atoms in total. The first kappa shape index (κ1) is 15.5. The molecule has 1 rings (SSSR count). The summed E-state index contributed by atoms with van der Waals surface area (Å²) < 4.78 is 31.4. The first-order valence-corrected chi connectivity index (χ1v) is 6.82. The van der Waals surface area contributed by atoms with Crippen molar-refractivity contribution < 1.29 is 23.1 Å². The molecule has 0 amide bonds. The van der Waals surface area contributed by atoms with Crippen LogP contribution in [0, 0.1) is 0 Å². The Balaban J connectivity index is 3.28. The zero-order valence-electron chi connectivity index (χ0n) is 10.5. The summed E-state index contributed by atoms with van der Waals surface area (Å²) >= 11 is 5.85. The fourth-order valence-corrected chi connectivity index (χ4v) is 2.09. The molecule has 0 unspecified atom stereocenters. The molecule has 0 saturated carbocycles. The second-order valence-electron chi connectivity index (χ2n) is 3.73. The van der Waals surface area contributed by atoms with Gasteiger partial charge in [0.05, 0.1) is 17.8 Å². The van der Waals surface area contributed by atoms with Crippen molar-refractivity contribution in [1.29, 1.82) is 0 Å². The minimum absolute atomic E-state index is 0.00774. The molecule has 0 aromatic heterocycles. The monoisotopic (exact) mass is 308 g/mol. The van der Waals surface area contributed by atoms with E-state index in [2.05, 4.69) is 4.72 Å². The zero-order valence-corrected chi connectivity index (χ0v) is 12.0. The maximum Gasteiger partial charge on any atom is 0.339 e. The third-order valence-corrected chi connectivity index (χ3v) is 3.99. The maximum atomic E-state index is 11.7. The number of carbonyl (C=O) groups is 1. The highest BCUT2D eigenvalue weighted by Crippen LogP contribution is 2.31. The summed E-state index contributed by atoms with van der Waals surface area (Å²) in [5, 5.41) is 8.91. The average Bonchev–Trinajstić information content (AvgIpc) is 2.30. The Morgan fingerprint density at radius 1 is 1.42 bits per heavy atom. The highest BCUT2D eigenvalue weighted by Gasteiger charge is 2.19. The molecule has 19 heavy (non-hydrogen) atoms. The number of rotatable bonds is 5. The summed E-state index contributed by atoms with van der Waals surface area (Å²) in [6.45, 7) is 0. The number of aromatic carboxylic acids is 1. The van der Waals surface area contributed by atoms with Crippen molar-refractivity contribution >= 4 is 33.5 Å². The van der Waals surface area contributed by atoms with Crippen molar-refractivity contribution in [2.75, 3.05) is 25.9 Å². The van der Waals surface area contributed by atoms with Gasteiger partial charge in [0.1, 0.15) is 11.3 Å². The van der Waals surface area contributed by atoms with Crippen LogP contribution in [0.15, 0.2) is 12.1 Å². The number of ether oxygens (including phenoxy) is 1. The van der Waals surface area contributed by atoms with Gasteiger partial charge in [0, 0.05) is 20.2 Å². The van der Waals surface area contributed by atoms with Crippen LogP contribution in [-0.2, 0) is 10.2 Å². The van der Waals surface area contributed by atoms with E-state index in [9.17, 15) is 13.2 Å². The maximum absolute atomic E-state index is 11.7. The molecule has 1 aromatic carbocycles. The number of carboxylic acid groups (broad SMARTS) is 1. The van der Waals surface area contributed by atoms with Gasteiger partial charge in [-0.2, -0.15) is 12.7 Å². The third-order valence-electron chi connectivity index (χ3n) is 2.24. The molecule has 0 aliphatic rings. The van der Waals surface area contributed by atoms with E-state index in [0.717, 1.165) is 10.4 Å². The molecule has 106 valence electrons. The van der Waals surface area contributed by atoms with Crippen LogP contribution in [0.2, 0.25) is 5.02 Å². The standard InChI is InChI=1S/C10H13ClN2O5S/c1-13(2)19(16,17)12-8-5-9(18-3)6(10(14)15)4-7(8)11/h4-5,12H,1-3H3,(H,14,15). The molecule has 9 heteroatoms. The van der Waals surface area contributed by atoms with Gasteiger partial charge in [-0.05, 0) is 6.07 Å². The molecule has 1 aromatic rings. The largest absolute Gasteiger partial charge is 0.496 e. The molecule has 2 N–H and O–H groups in total. The number of halogens is 1. The SMILES string of the molecule is COc1cc(NS(=O)(=O)N(C)C)c(Cl)cc1C(=O)O. The first-order chi connectivity index (χ1) is 8.69. The lowest BCUT2D eigenvalue weighted by Gasteiger charge is -2.15. The van der Waals surface area contributed by atoms with Crippen LogP contribution in [-0.4, -0.2) is 45.0 Å². The van der Waals surface area contributed by atoms with Gasteiger partial charge in [-0.25, -0.2) is 4.79 Å². The summed E-state index contributed by atoms with van der Waals surface area (Å²) in [4.78, 5) is 11.0. The molecule has 0 fully saturated rings. The molecule has 0 bridgehead atoms. The van der Waals surface area contributed by atoms with Gasteiger partial charge in [-0.1, -0.05) is 11.6 Å². The minimum atomic E-state index is -3.74. The van der Waals surface area contributed by atoms with E-state index in [1.165, 1.54) is 27.3 Å². The summed E-state index contributed by atoms with van der Waals surface area (Å²) in [6, 6.07) is 2.34. The van der Waals surface area contributed by atoms with Gasteiger partial charge in [0.2, 0.25) is 0 Å². The Hall–Kier alpha value is -1.51. The van der Waals surface area contributed by atoms with Gasteiger partial charge in [-0.3, -0.25) is 4.72 Å². The van der Waals surface area contributed by atoms with E-state index in [-0.39, 0.29) is 22.0 Å². The van der Waals surface area contributed by atoms with Crippen LogP contribution in [0.5, 0.6) is 5.75 Å². The van der Waals surface area contributed by atoms with Crippen LogP contribution in [0.25, 0.3) is 0 Å². The molecular formula is C10H13ClN2O5S. The van der Waals surface area contributed by atoms with E-state index >= 15 is 0 Å². The van der Waals surface area contributed by atoms with E-state index in [1.807, 2.05) is 0 Å². The number of nitrogens with one attached hydrogen (secondary N) is 1. The molecule has 0 spiro atoms. The summed E-state index contributed by atoms with van der Waals surface area (Å²) in [5.41, 5.74) is -0.113. The molecular weight excluding hydrogens is 296 g/mol. The van der Waals surface area contributed by atoms with Crippen molar-refractivity contribution in [2.45, 2.75) is 0 Å². The molecule has 0 aliphatic carbocycles. The molecule has 0 radical (unpaired) electrons. The third kappa shape index (κ3) is 3.49. The lowest BCUT2D eigenvalue weighted by Crippen LogP contribution is -2.29. The summed E-state index contributed by atoms with van der Waals surface area (Å²) in [6.07, 6.45) is 0. The fraction of sp³-hybridized carbons (Fsp3) is 0.300. The lowest BCUT2D eigenvalue weighted by atomic mass is 10.2. The quantitative estimate of drug-likeness (QED) is 0.854. The van der Waals surface area contributed by atoms with Gasteiger partial charge in [0.15, 0.2) is 0 Å². The fourth-order valence-electron chi connectivity index (χ4n) is 1.20. The number of hydrogen-bond acceptors (Lipinski definition) is 4. The van der Waals surface area contributed by atoms with Crippen LogP contribution < -0.4 is 9.46 Å². The zero-order chi connectivity index (χ0) is 14.8. The lowest BCUT2D eigenvalue weighted by molar-refractivity contribution is 0.0693. The number of anilines is 1. The smallest absolute Gasteiger partial charge is 0.339 e. The number of hydrogen-bond donors (Lipinski definition) is 2. The predicted octanol–water partition coefficient (Wildman–Crippen LogP) is 1.27. The van der Waals surface area contributed by atoms with Crippen molar-refractivity contribution in [3.05, 3.63) is 22.7 Å². The second kappa shape index (κ2) is 5.64. The predicted molar refractivity (Wildman–Crippen MR) is 71.2 cm³/mol. The van der Waals surface area contributed by atoms with E-state index in [1.54, 1.807) is 0 Å². The Morgan fingerprint density at radius 3 is 2.42 bits per heavy atom. The average molecular weight is 309 g/mol. The van der Waals surface area contributed by atoms with Crippen molar-refractivity contribution in [3.8, 4) is 5.75 Å². The Labute approximate surface area is 115 Å². The van der Waals surface area contributed by atoms with Crippen LogP contribution in [0.3, 0.4) is 0 Å². The number of methoxy groups -OCH3 is 1. The molecule has 0 saturated heterocycles. The van der Waals surface area contributed by atoms with Gasteiger partial charge in [0.25, 0.3) is 0 Å². The Kier molecular flexibility index (Phi) is 4.61. The highest BCUT2D eigenvalue weighted by atomic mass is 35.5. The van der Waals surface area contributed by atoms with E-state index in [0.29, 0.717) is 0 Å². The van der Waals surface area contributed by atoms with Crippen molar-refractivity contribution in [1.82, 2.24) is 4.31 Å². The molecule has 0 atom stereocenters. The van der Waals surface area contributed by atoms with Crippen molar-refractivity contribution in [2.24, 2.45) is 0 Å². The Morgan fingerprint density at radius 2 is 2.00 bits per heavy atom. The molecule has 0 heterocycles. The van der Waals surface area contributed by atoms with Gasteiger partial charge in [-0.15, -0.1) is 0 Å². The highest BCUT2D eigenvalue weighted by molar-refractivity contribution is 7.90. The number of carboxylic acids is 1. The second-order valence-corrected chi connectivity index (χ2v) is 6.02. The number of nitrogens with zero attached hydrogens (tertiary/aromatic N) is 1. The van der Waals surface area contributed by atoms with Crippen LogP contribution in [0.1, 0.15) is 10.4 Å².